The second-order valence-corrected chi connectivity index (χ2v) is 3.96. The van der Waals surface area contributed by atoms with E-state index in [4.69, 9.17) is 16.0 Å². The van der Waals surface area contributed by atoms with Crippen LogP contribution in [0.4, 0.5) is 13.2 Å². The zero-order valence-corrected chi connectivity index (χ0v) is 9.30. The highest BCUT2D eigenvalue weighted by Crippen LogP contribution is 2.28. The zero-order valence-electron chi connectivity index (χ0n) is 8.55. The summed E-state index contributed by atoms with van der Waals surface area (Å²) in [6, 6.07) is 1.07. The Kier molecular flexibility index (Phi) is 3.06. The van der Waals surface area contributed by atoms with Crippen molar-refractivity contribution in [3.8, 4) is 11.5 Å². The summed E-state index contributed by atoms with van der Waals surface area (Å²) in [4.78, 5) is 0. The molecule has 0 N–H and O–H groups in total. The first-order chi connectivity index (χ1) is 7.99. The molecule has 0 aliphatic carbocycles. The van der Waals surface area contributed by atoms with Crippen molar-refractivity contribution in [2.24, 2.45) is 0 Å². The monoisotopic (exact) mass is 262 g/mol. The fourth-order valence-electron chi connectivity index (χ4n) is 1.24. The average Bonchev–Trinajstić information content (AvgIpc) is 2.65. The van der Waals surface area contributed by atoms with Crippen molar-refractivity contribution < 1.29 is 17.6 Å². The van der Waals surface area contributed by atoms with E-state index in [0.717, 1.165) is 0 Å². The van der Waals surface area contributed by atoms with E-state index in [-0.39, 0.29) is 11.8 Å². The molecule has 0 aliphatic heterocycles. The third-order valence-corrected chi connectivity index (χ3v) is 2.19. The van der Waals surface area contributed by atoms with Crippen LogP contribution in [0.15, 0.2) is 16.5 Å². The lowest BCUT2D eigenvalue weighted by atomic mass is 10.2. The van der Waals surface area contributed by atoms with Crippen LogP contribution in [0, 0.1) is 17.5 Å². The molecule has 90 valence electrons. The number of alkyl halides is 1. The summed E-state index contributed by atoms with van der Waals surface area (Å²) in [5.41, 5.74) is -0.567. The topological polar surface area (TPSA) is 38.9 Å². The van der Waals surface area contributed by atoms with Crippen LogP contribution in [0.5, 0.6) is 0 Å². The minimum absolute atomic E-state index is 0.0322. The van der Waals surface area contributed by atoms with E-state index >= 15 is 0 Å². The lowest BCUT2D eigenvalue weighted by Gasteiger charge is -2.00. The highest BCUT2D eigenvalue weighted by atomic mass is 35.5. The molecule has 0 saturated heterocycles. The van der Waals surface area contributed by atoms with E-state index in [1.54, 1.807) is 6.92 Å². The number of benzene rings is 1. The number of halogens is 4. The molecule has 17 heavy (non-hydrogen) atoms. The molecule has 2 aromatic rings. The molecule has 1 aromatic carbocycles. The highest BCUT2D eigenvalue weighted by molar-refractivity contribution is 6.20. The Labute approximate surface area is 99.2 Å². The van der Waals surface area contributed by atoms with Crippen LogP contribution in [0.1, 0.15) is 18.2 Å². The maximum atomic E-state index is 13.4. The van der Waals surface area contributed by atoms with Crippen LogP contribution < -0.4 is 0 Å². The van der Waals surface area contributed by atoms with Gasteiger partial charge in [-0.2, -0.15) is 0 Å². The second-order valence-electron chi connectivity index (χ2n) is 3.31. The fraction of sp³-hybridized carbons (Fsp3) is 0.200. The molecular formula is C10H6ClF3N2O. The lowest BCUT2D eigenvalue weighted by molar-refractivity contribution is 0.492. The first kappa shape index (κ1) is 11.9. The normalized spacial score (nSPS) is 12.8. The zero-order chi connectivity index (χ0) is 12.6. The summed E-state index contributed by atoms with van der Waals surface area (Å²) in [7, 11) is 0. The molecule has 7 heteroatoms. The summed E-state index contributed by atoms with van der Waals surface area (Å²) in [5.74, 6) is -3.58. The van der Waals surface area contributed by atoms with Gasteiger partial charge in [0.05, 0.1) is 0 Å². The van der Waals surface area contributed by atoms with Gasteiger partial charge in [0.2, 0.25) is 5.89 Å². The Balaban J connectivity index is 2.52. The SMILES string of the molecule is CC(Cl)c1nnc(-c2c(F)cc(F)cc2F)o1. The number of hydrogen-bond acceptors (Lipinski definition) is 3. The first-order valence-electron chi connectivity index (χ1n) is 4.61. The van der Waals surface area contributed by atoms with E-state index in [9.17, 15) is 13.2 Å². The Morgan fingerprint density at radius 1 is 1.18 bits per heavy atom. The first-order valence-corrected chi connectivity index (χ1v) is 5.05. The number of aromatic nitrogens is 2. The summed E-state index contributed by atoms with van der Waals surface area (Å²) >= 11 is 5.66. The van der Waals surface area contributed by atoms with E-state index in [1.165, 1.54) is 0 Å². The smallest absolute Gasteiger partial charge is 0.253 e. The predicted octanol–water partition coefficient (Wildman–Crippen LogP) is 3.45. The molecule has 0 bridgehead atoms. The maximum Gasteiger partial charge on any atom is 0.253 e. The van der Waals surface area contributed by atoms with Gasteiger partial charge in [0.25, 0.3) is 5.89 Å². The average molecular weight is 263 g/mol. The molecule has 0 aliphatic rings. The van der Waals surface area contributed by atoms with Crippen LogP contribution in [0.25, 0.3) is 11.5 Å². The molecule has 1 unspecified atom stereocenters. The molecular weight excluding hydrogens is 257 g/mol. The Morgan fingerprint density at radius 3 is 2.24 bits per heavy atom. The van der Waals surface area contributed by atoms with Crippen molar-refractivity contribution >= 4 is 11.6 Å². The van der Waals surface area contributed by atoms with Gasteiger partial charge in [-0.05, 0) is 6.92 Å². The third-order valence-electron chi connectivity index (χ3n) is 2.00. The maximum absolute atomic E-state index is 13.4. The molecule has 2 rings (SSSR count). The lowest BCUT2D eigenvalue weighted by Crippen LogP contribution is -1.92. The van der Waals surface area contributed by atoms with Gasteiger partial charge in [-0.3, -0.25) is 0 Å². The van der Waals surface area contributed by atoms with Crippen molar-refractivity contribution in [3.63, 3.8) is 0 Å². The Hall–Kier alpha value is -1.56. The molecule has 1 aromatic heterocycles. The predicted molar refractivity (Wildman–Crippen MR) is 53.9 cm³/mol. The number of hydrogen-bond donors (Lipinski definition) is 0. The van der Waals surface area contributed by atoms with Gasteiger partial charge >= 0.3 is 0 Å². The van der Waals surface area contributed by atoms with Gasteiger partial charge in [-0.25, -0.2) is 13.2 Å². The Morgan fingerprint density at radius 2 is 1.76 bits per heavy atom. The summed E-state index contributed by atoms with van der Waals surface area (Å²) in [6.07, 6.45) is 0. The fourth-order valence-corrected chi connectivity index (χ4v) is 1.33. The van der Waals surface area contributed by atoms with Crippen molar-refractivity contribution in [2.75, 3.05) is 0 Å². The van der Waals surface area contributed by atoms with Crippen molar-refractivity contribution in [2.45, 2.75) is 12.3 Å². The quantitative estimate of drug-likeness (QED) is 0.778. The van der Waals surface area contributed by atoms with Crippen LogP contribution in [0.2, 0.25) is 0 Å². The highest BCUT2D eigenvalue weighted by Gasteiger charge is 2.20. The van der Waals surface area contributed by atoms with E-state index in [0.29, 0.717) is 12.1 Å². The van der Waals surface area contributed by atoms with Crippen LogP contribution in [-0.4, -0.2) is 10.2 Å². The van der Waals surface area contributed by atoms with Crippen LogP contribution >= 0.6 is 11.6 Å². The number of nitrogens with zero attached hydrogens (tertiary/aromatic N) is 2. The van der Waals surface area contributed by atoms with Gasteiger partial charge in [0.15, 0.2) is 0 Å². The molecule has 3 nitrogen and oxygen atoms in total. The van der Waals surface area contributed by atoms with E-state index < -0.39 is 28.4 Å². The third kappa shape index (κ3) is 2.26. The largest absolute Gasteiger partial charge is 0.419 e. The second kappa shape index (κ2) is 4.37. The molecule has 0 fully saturated rings. The summed E-state index contributed by atoms with van der Waals surface area (Å²) in [6.45, 7) is 1.57. The van der Waals surface area contributed by atoms with Gasteiger partial charge < -0.3 is 4.42 Å². The van der Waals surface area contributed by atoms with Crippen molar-refractivity contribution in [1.29, 1.82) is 0 Å². The Bertz CT molecular complexity index is 533. The van der Waals surface area contributed by atoms with E-state index in [1.807, 2.05) is 0 Å². The van der Waals surface area contributed by atoms with Gasteiger partial charge in [0, 0.05) is 12.1 Å². The number of rotatable bonds is 2. The molecule has 1 heterocycles. The van der Waals surface area contributed by atoms with Gasteiger partial charge in [0.1, 0.15) is 28.4 Å². The molecule has 0 spiro atoms. The van der Waals surface area contributed by atoms with E-state index in [2.05, 4.69) is 10.2 Å². The summed E-state index contributed by atoms with van der Waals surface area (Å²) in [5, 5.41) is 6.40. The minimum atomic E-state index is -1.11. The van der Waals surface area contributed by atoms with Gasteiger partial charge in [-0.15, -0.1) is 21.8 Å². The van der Waals surface area contributed by atoms with Gasteiger partial charge in [-0.1, -0.05) is 0 Å². The van der Waals surface area contributed by atoms with Crippen LogP contribution in [0.3, 0.4) is 0 Å². The van der Waals surface area contributed by atoms with Crippen molar-refractivity contribution in [1.82, 2.24) is 10.2 Å². The minimum Gasteiger partial charge on any atom is -0.419 e. The van der Waals surface area contributed by atoms with Crippen molar-refractivity contribution in [3.05, 3.63) is 35.5 Å². The summed E-state index contributed by atoms with van der Waals surface area (Å²) < 4.78 is 44.4. The standard InChI is InChI=1S/C10H6ClF3N2O/c1-4(11)9-15-16-10(17-9)8-6(13)2-5(12)3-7(8)14/h2-4H,1H3. The molecule has 0 radical (unpaired) electrons. The molecule has 0 saturated carbocycles. The van der Waals surface area contributed by atoms with Crippen LogP contribution in [-0.2, 0) is 0 Å². The molecule has 1 atom stereocenters. The molecule has 0 amide bonds.